The minimum Gasteiger partial charge on any atom is -0.465 e. The van der Waals surface area contributed by atoms with Gasteiger partial charge < -0.3 is 4.74 Å². The number of hydrogen-bond acceptors (Lipinski definition) is 5. The van der Waals surface area contributed by atoms with Gasteiger partial charge in [-0.25, -0.2) is 13.2 Å². The normalized spacial score (nSPS) is 11.2. The smallest absolute Gasteiger partial charge is 0.337 e. The van der Waals surface area contributed by atoms with E-state index in [4.69, 9.17) is 0 Å². The third-order valence-corrected chi connectivity index (χ3v) is 4.30. The van der Waals surface area contributed by atoms with E-state index < -0.39 is 16.0 Å². The number of esters is 1. The molecule has 21 heavy (non-hydrogen) atoms. The molecule has 0 radical (unpaired) electrons. The van der Waals surface area contributed by atoms with Crippen LogP contribution >= 0.6 is 0 Å². The molecule has 0 amide bonds. The summed E-state index contributed by atoms with van der Waals surface area (Å²) in [6, 6.07) is 5.96. The maximum absolute atomic E-state index is 12.3. The molecule has 0 aliphatic carbocycles. The highest BCUT2D eigenvalue weighted by Gasteiger charge is 2.20. The first kappa shape index (κ1) is 15.0. The third kappa shape index (κ3) is 3.22. The summed E-state index contributed by atoms with van der Waals surface area (Å²) < 4.78 is 33.0. The van der Waals surface area contributed by atoms with Crippen molar-refractivity contribution in [1.29, 1.82) is 0 Å². The number of methoxy groups -OCH3 is 1. The Morgan fingerprint density at radius 2 is 1.90 bits per heavy atom. The second kappa shape index (κ2) is 5.57. The van der Waals surface area contributed by atoms with Crippen LogP contribution in [0, 0.1) is 6.92 Å². The molecule has 0 aliphatic rings. The first-order valence-corrected chi connectivity index (χ1v) is 7.53. The number of rotatable bonds is 4. The summed E-state index contributed by atoms with van der Waals surface area (Å²) in [5.41, 5.74) is 1.11. The molecule has 0 bridgehead atoms. The van der Waals surface area contributed by atoms with E-state index >= 15 is 0 Å². The van der Waals surface area contributed by atoms with Crippen LogP contribution in [-0.2, 0) is 21.8 Å². The summed E-state index contributed by atoms with van der Waals surface area (Å²) in [5.74, 6) is -0.479. The number of carbonyl (C=O) groups is 1. The Bertz CT molecular complexity index is 763. The van der Waals surface area contributed by atoms with Gasteiger partial charge in [0.15, 0.2) is 0 Å². The number of hydrogen-bond donors (Lipinski definition) is 1. The molecule has 7 nitrogen and oxygen atoms in total. The monoisotopic (exact) mass is 309 g/mol. The van der Waals surface area contributed by atoms with Gasteiger partial charge in [-0.2, -0.15) is 5.10 Å². The Hall–Kier alpha value is -2.35. The summed E-state index contributed by atoms with van der Waals surface area (Å²) in [4.78, 5) is 11.4. The highest BCUT2D eigenvalue weighted by Crippen LogP contribution is 2.18. The number of anilines is 1. The molecular formula is C13H15N3O4S. The molecule has 0 saturated carbocycles. The molecule has 8 heteroatoms. The van der Waals surface area contributed by atoms with E-state index in [2.05, 4.69) is 14.6 Å². The third-order valence-electron chi connectivity index (χ3n) is 2.82. The molecule has 2 rings (SSSR count). The summed E-state index contributed by atoms with van der Waals surface area (Å²) in [5, 5.41) is 4.00. The first-order chi connectivity index (χ1) is 9.83. The van der Waals surface area contributed by atoms with Gasteiger partial charge in [-0.1, -0.05) is 0 Å². The minimum absolute atomic E-state index is 0.113. The largest absolute Gasteiger partial charge is 0.465 e. The Morgan fingerprint density at radius 3 is 2.38 bits per heavy atom. The Balaban J connectivity index is 2.25. The van der Waals surface area contributed by atoms with Crippen molar-refractivity contribution in [3.63, 3.8) is 0 Å². The number of aryl methyl sites for hydroxylation is 2. The predicted molar refractivity (Wildman–Crippen MR) is 76.5 cm³/mol. The van der Waals surface area contributed by atoms with Gasteiger partial charge in [0, 0.05) is 18.9 Å². The number of sulfonamides is 1. The molecular weight excluding hydrogens is 294 g/mol. The molecule has 1 heterocycles. The van der Waals surface area contributed by atoms with E-state index in [1.165, 1.54) is 42.3 Å². The van der Waals surface area contributed by atoms with Crippen molar-refractivity contribution < 1.29 is 17.9 Å². The summed E-state index contributed by atoms with van der Waals surface area (Å²) in [6.45, 7) is 1.62. The lowest BCUT2D eigenvalue weighted by Gasteiger charge is -2.07. The summed E-state index contributed by atoms with van der Waals surface area (Å²) in [6.07, 6.45) is 1.43. The molecule has 0 aliphatic heterocycles. The number of nitrogens with zero attached hydrogens (tertiary/aromatic N) is 2. The summed E-state index contributed by atoms with van der Waals surface area (Å²) >= 11 is 0. The Morgan fingerprint density at radius 1 is 1.29 bits per heavy atom. The molecule has 0 spiro atoms. The molecule has 0 unspecified atom stereocenters. The van der Waals surface area contributed by atoms with E-state index in [9.17, 15) is 13.2 Å². The van der Waals surface area contributed by atoms with Crippen LogP contribution in [0.25, 0.3) is 0 Å². The van der Waals surface area contributed by atoms with Crippen molar-refractivity contribution in [3.05, 3.63) is 41.7 Å². The topological polar surface area (TPSA) is 90.3 Å². The highest BCUT2D eigenvalue weighted by atomic mass is 32.2. The molecule has 0 saturated heterocycles. The van der Waals surface area contributed by atoms with Gasteiger partial charge in [-0.05, 0) is 31.2 Å². The maximum atomic E-state index is 12.3. The van der Waals surface area contributed by atoms with Crippen LogP contribution in [0.4, 0.5) is 5.69 Å². The van der Waals surface area contributed by atoms with Crippen LogP contribution in [0.2, 0.25) is 0 Å². The SMILES string of the molecule is COC(=O)c1ccc(NS(=O)(=O)c2cn(C)nc2C)cc1. The van der Waals surface area contributed by atoms with Crippen LogP contribution in [0.5, 0.6) is 0 Å². The van der Waals surface area contributed by atoms with Gasteiger partial charge in [-0.3, -0.25) is 9.40 Å². The molecule has 112 valence electrons. The van der Waals surface area contributed by atoms with Gasteiger partial charge in [0.1, 0.15) is 4.90 Å². The van der Waals surface area contributed by atoms with E-state index in [1.807, 2.05) is 0 Å². The quantitative estimate of drug-likeness (QED) is 0.860. The average molecular weight is 309 g/mol. The molecule has 1 aromatic heterocycles. The molecule has 1 N–H and O–H groups in total. The van der Waals surface area contributed by atoms with Gasteiger partial charge in [0.25, 0.3) is 10.0 Å². The Labute approximate surface area is 122 Å². The number of aromatic nitrogens is 2. The van der Waals surface area contributed by atoms with Crippen molar-refractivity contribution in [1.82, 2.24) is 9.78 Å². The fraction of sp³-hybridized carbons (Fsp3) is 0.231. The van der Waals surface area contributed by atoms with Gasteiger partial charge >= 0.3 is 5.97 Å². The van der Waals surface area contributed by atoms with E-state index in [0.717, 1.165) is 0 Å². The van der Waals surface area contributed by atoms with Crippen molar-refractivity contribution in [3.8, 4) is 0 Å². The number of ether oxygens (including phenoxy) is 1. The first-order valence-electron chi connectivity index (χ1n) is 6.05. The molecule has 0 fully saturated rings. The lowest BCUT2D eigenvalue weighted by atomic mass is 10.2. The Kier molecular flexibility index (Phi) is 3.99. The van der Waals surface area contributed by atoms with Crippen LogP contribution in [0.15, 0.2) is 35.4 Å². The zero-order valence-electron chi connectivity index (χ0n) is 11.8. The van der Waals surface area contributed by atoms with Crippen molar-refractivity contribution in [2.45, 2.75) is 11.8 Å². The van der Waals surface area contributed by atoms with E-state index in [1.54, 1.807) is 14.0 Å². The van der Waals surface area contributed by atoms with Crippen LogP contribution in [0.1, 0.15) is 16.1 Å². The number of benzene rings is 1. The van der Waals surface area contributed by atoms with Gasteiger partial charge in [0.2, 0.25) is 0 Å². The highest BCUT2D eigenvalue weighted by molar-refractivity contribution is 7.92. The average Bonchev–Trinajstić information content (AvgIpc) is 2.78. The van der Waals surface area contributed by atoms with Crippen LogP contribution in [0.3, 0.4) is 0 Å². The second-order valence-electron chi connectivity index (χ2n) is 4.43. The minimum atomic E-state index is -3.71. The fourth-order valence-corrected chi connectivity index (χ4v) is 3.12. The van der Waals surface area contributed by atoms with Crippen molar-refractivity contribution in [2.75, 3.05) is 11.8 Å². The second-order valence-corrected chi connectivity index (χ2v) is 6.08. The van der Waals surface area contributed by atoms with Gasteiger partial charge in [-0.15, -0.1) is 0 Å². The van der Waals surface area contributed by atoms with E-state index in [-0.39, 0.29) is 4.90 Å². The lowest BCUT2D eigenvalue weighted by molar-refractivity contribution is 0.0601. The molecule has 1 aromatic carbocycles. The predicted octanol–water partition coefficient (Wildman–Crippen LogP) is 1.32. The fourth-order valence-electron chi connectivity index (χ4n) is 1.84. The zero-order valence-corrected chi connectivity index (χ0v) is 12.6. The standard InChI is InChI=1S/C13H15N3O4S/c1-9-12(8-16(2)14-9)21(18,19)15-11-6-4-10(5-7-11)13(17)20-3/h4-8,15H,1-3H3. The lowest BCUT2D eigenvalue weighted by Crippen LogP contribution is -2.13. The molecule has 0 atom stereocenters. The van der Waals surface area contributed by atoms with Crippen LogP contribution < -0.4 is 4.72 Å². The maximum Gasteiger partial charge on any atom is 0.337 e. The van der Waals surface area contributed by atoms with E-state index in [0.29, 0.717) is 16.9 Å². The number of carbonyl (C=O) groups excluding carboxylic acids is 1. The van der Waals surface area contributed by atoms with Crippen molar-refractivity contribution in [2.24, 2.45) is 7.05 Å². The van der Waals surface area contributed by atoms with Crippen molar-refractivity contribution >= 4 is 21.7 Å². The number of nitrogens with one attached hydrogen (secondary N) is 1. The molecule has 2 aromatic rings. The van der Waals surface area contributed by atoms with Gasteiger partial charge in [0.05, 0.1) is 18.4 Å². The summed E-state index contributed by atoms with van der Waals surface area (Å²) in [7, 11) is -0.779. The zero-order chi connectivity index (χ0) is 15.6. The van der Waals surface area contributed by atoms with Crippen LogP contribution in [-0.4, -0.2) is 31.3 Å².